The molecule has 14 heteroatoms. The zero-order valence-corrected chi connectivity index (χ0v) is 21.5. The fraction of sp³-hybridized carbons (Fsp3) is 0.231. The maximum atomic E-state index is 15.5. The first-order valence-electron chi connectivity index (χ1n) is 13.1. The minimum absolute atomic E-state index is 0.00302. The van der Waals surface area contributed by atoms with Crippen LogP contribution < -0.4 is 5.73 Å². The van der Waals surface area contributed by atoms with Crippen LogP contribution in [0.1, 0.15) is 38.0 Å². The van der Waals surface area contributed by atoms with Crippen molar-refractivity contribution in [3.63, 3.8) is 0 Å². The molecule has 40 heavy (non-hydrogen) atoms. The number of anilines is 1. The fourth-order valence-electron chi connectivity index (χ4n) is 5.47. The molecule has 1 unspecified atom stereocenters. The number of nitrogens with one attached hydrogen (secondary N) is 1. The summed E-state index contributed by atoms with van der Waals surface area (Å²) in [7, 11) is 0. The molecule has 1 saturated heterocycles. The van der Waals surface area contributed by atoms with Crippen LogP contribution in [0.2, 0.25) is 5.02 Å². The number of aromatic amines is 1. The molecule has 1 fully saturated rings. The third-order valence-electron chi connectivity index (χ3n) is 7.36. The predicted octanol–water partition coefficient (Wildman–Crippen LogP) is 4.14. The molecule has 0 amide bonds. The number of H-pyrrole nitrogens is 1. The van der Waals surface area contributed by atoms with Crippen LogP contribution >= 0.6 is 11.6 Å². The molecule has 5 aromatic rings. The quantitative estimate of drug-likeness (QED) is 0.327. The van der Waals surface area contributed by atoms with Gasteiger partial charge in [0.2, 0.25) is 0 Å². The lowest BCUT2D eigenvalue weighted by atomic mass is 9.92. The molecule has 0 spiro atoms. The number of pyridine rings is 1. The normalized spacial score (nSPS) is 21.3. The Morgan fingerprint density at radius 3 is 2.85 bits per heavy atom. The van der Waals surface area contributed by atoms with E-state index in [1.165, 1.54) is 34.2 Å². The Labute approximate surface area is 232 Å². The van der Waals surface area contributed by atoms with Crippen LogP contribution in [0, 0.1) is 11.6 Å². The summed E-state index contributed by atoms with van der Waals surface area (Å²) < 4.78 is 42.3. The lowest BCUT2D eigenvalue weighted by Crippen LogP contribution is -2.35. The second-order valence-electron chi connectivity index (χ2n) is 9.53. The number of halogens is 3. The van der Waals surface area contributed by atoms with E-state index >= 15 is 8.78 Å². The second-order valence-corrected chi connectivity index (χ2v) is 9.94. The summed E-state index contributed by atoms with van der Waals surface area (Å²) in [5.74, 6) is -0.297. The van der Waals surface area contributed by atoms with Gasteiger partial charge in [-0.25, -0.2) is 18.7 Å². The Bertz CT molecular complexity index is 1780. The van der Waals surface area contributed by atoms with Crippen LogP contribution in [0.4, 0.5) is 14.6 Å². The van der Waals surface area contributed by atoms with Crippen LogP contribution in [0.5, 0.6) is 0 Å². The monoisotopic (exact) mass is 562 g/mol. The Balaban J connectivity index is 1.19. The summed E-state index contributed by atoms with van der Waals surface area (Å²) in [6.45, 7) is 0.462. The van der Waals surface area contributed by atoms with E-state index in [2.05, 4.69) is 35.5 Å². The van der Waals surface area contributed by atoms with Crippen molar-refractivity contribution in [2.75, 3.05) is 12.3 Å². The molecule has 202 valence electrons. The molecular weight excluding hydrogens is 540 g/mol. The van der Waals surface area contributed by atoms with Gasteiger partial charge in [-0.2, -0.15) is 14.5 Å². The summed E-state index contributed by atoms with van der Waals surface area (Å²) in [4.78, 5) is 14.2. The molecule has 7 rings (SSSR count). The lowest BCUT2D eigenvalue weighted by molar-refractivity contribution is 0.205. The molecule has 4 aromatic heterocycles. The van der Waals surface area contributed by atoms with Crippen LogP contribution in [0.3, 0.4) is 0 Å². The number of nitrogen functional groups attached to an aromatic ring is 1. The van der Waals surface area contributed by atoms with Gasteiger partial charge < -0.3 is 10.7 Å². The molecule has 0 saturated carbocycles. The molecule has 3 N–H and O–H groups in total. The zero-order chi connectivity index (χ0) is 28.2. The number of nitrogens with zero attached hydrogens (tertiary/aromatic N) is 9. The minimum Gasteiger partial charge on any atom is -0.384 e. The van der Waals surface area contributed by atoms with Gasteiger partial charge in [0.05, 0.1) is 28.6 Å². The molecular formula is C26H22ClF2N11. The average Bonchev–Trinajstić information content (AvgIpc) is 3.78. The van der Waals surface area contributed by atoms with Crippen molar-refractivity contribution in [1.29, 1.82) is 0 Å². The summed E-state index contributed by atoms with van der Waals surface area (Å²) in [5, 5.41) is 15.3. The van der Waals surface area contributed by atoms with Gasteiger partial charge >= 0.3 is 0 Å². The zero-order valence-electron chi connectivity index (χ0n) is 21.8. The molecule has 1 aromatic carbocycles. The van der Waals surface area contributed by atoms with E-state index in [1.807, 2.05) is 6.08 Å². The van der Waals surface area contributed by atoms with Crippen molar-refractivity contribution in [2.24, 2.45) is 0 Å². The Morgan fingerprint density at radius 2 is 2.05 bits per heavy atom. The van der Waals surface area contributed by atoms with Crippen LogP contribution in [-0.2, 0) is 0 Å². The Morgan fingerprint density at radius 1 is 1.15 bits per heavy atom. The van der Waals surface area contributed by atoms with Gasteiger partial charge in [0.15, 0.2) is 17.5 Å². The average molecular weight is 563 g/mol. The molecule has 11 nitrogen and oxygen atoms in total. The third kappa shape index (κ3) is 3.97. The van der Waals surface area contributed by atoms with Crippen molar-refractivity contribution < 1.29 is 10.2 Å². The topological polar surface area (TPSA) is 132 Å². The molecule has 0 radical (unpaired) electrons. The number of benzene rings is 1. The highest BCUT2D eigenvalue weighted by molar-refractivity contribution is 6.31. The Kier molecular flexibility index (Phi) is 5.62. The lowest BCUT2D eigenvalue weighted by Gasteiger charge is -2.33. The van der Waals surface area contributed by atoms with Gasteiger partial charge in [-0.15, -0.1) is 5.10 Å². The highest BCUT2D eigenvalue weighted by Gasteiger charge is 2.39. The van der Waals surface area contributed by atoms with Crippen molar-refractivity contribution in [3.05, 3.63) is 83.3 Å². The van der Waals surface area contributed by atoms with E-state index in [0.717, 1.165) is 5.57 Å². The molecule has 6 heterocycles. The van der Waals surface area contributed by atoms with Gasteiger partial charge in [0.1, 0.15) is 18.0 Å². The standard InChI is InChI=1S/C26H22ClF2N11/c27-17-2-4-19(39-13-33-36-37-39)22(24(17)29)14-7-10-38-15(11-14)1-3-20(38)25-32-12-18(35-25)16-5-8-31-26(23(16)28)40-21(30)6-9-34-40/h2,4-9,12-13,15,20H,1,3,10-11,30H2,(H,32,35)/t15-,20+/m1/s1/i1D/t1?,15-,20+. The number of hydrogen-bond acceptors (Lipinski definition) is 8. The van der Waals surface area contributed by atoms with Crippen molar-refractivity contribution >= 4 is 23.0 Å². The van der Waals surface area contributed by atoms with E-state index in [1.54, 1.807) is 24.4 Å². The van der Waals surface area contributed by atoms with Crippen LogP contribution in [0.25, 0.3) is 28.3 Å². The first-order valence-corrected chi connectivity index (χ1v) is 12.9. The number of fused-ring (bicyclic) bond motifs is 1. The van der Waals surface area contributed by atoms with Gasteiger partial charge in [-0.05, 0) is 53.4 Å². The molecule has 2 aliphatic heterocycles. The Hall–Kier alpha value is -4.49. The number of imidazole rings is 1. The summed E-state index contributed by atoms with van der Waals surface area (Å²) in [6, 6.07) is 5.85. The molecule has 2 aliphatic rings. The maximum absolute atomic E-state index is 15.5. The smallest absolute Gasteiger partial charge is 0.192 e. The molecule has 0 aliphatic carbocycles. The van der Waals surface area contributed by atoms with Crippen LogP contribution in [0.15, 0.2) is 55.3 Å². The summed E-state index contributed by atoms with van der Waals surface area (Å²) >= 11 is 6.16. The first kappa shape index (κ1) is 23.4. The minimum atomic E-state index is -0.601. The number of hydrogen-bond donors (Lipinski definition) is 2. The van der Waals surface area contributed by atoms with E-state index in [-0.39, 0.29) is 34.3 Å². The number of aromatic nitrogens is 9. The van der Waals surface area contributed by atoms with Gasteiger partial charge in [-0.3, -0.25) is 4.90 Å². The summed E-state index contributed by atoms with van der Waals surface area (Å²) in [5.41, 5.74) is 8.07. The summed E-state index contributed by atoms with van der Waals surface area (Å²) in [6.07, 6.45) is 8.40. The van der Waals surface area contributed by atoms with Crippen molar-refractivity contribution in [1.82, 2.24) is 49.8 Å². The van der Waals surface area contributed by atoms with Gasteiger partial charge in [-0.1, -0.05) is 17.7 Å². The molecule has 3 atom stereocenters. The van der Waals surface area contributed by atoms with Gasteiger partial charge in [0, 0.05) is 43.5 Å². The van der Waals surface area contributed by atoms with E-state index in [4.69, 9.17) is 23.7 Å². The SMILES string of the molecule is [2H]C1C[C@@H](c2nc(-c3ccnc(-n4nccc4N)c3F)c[nH]2)N2CC=C(c3c(-n4cnnn4)ccc(Cl)c3F)C[C@@H]12. The van der Waals surface area contributed by atoms with Crippen LogP contribution in [-0.4, -0.2) is 62.4 Å². The van der Waals surface area contributed by atoms with E-state index in [0.29, 0.717) is 42.2 Å². The third-order valence-corrected chi connectivity index (χ3v) is 7.65. The maximum Gasteiger partial charge on any atom is 0.192 e. The van der Waals surface area contributed by atoms with Crippen molar-refractivity contribution in [2.45, 2.75) is 31.3 Å². The number of rotatable bonds is 5. The highest BCUT2D eigenvalue weighted by Crippen LogP contribution is 2.43. The number of nitrogens with two attached hydrogens (primary N) is 1. The van der Waals surface area contributed by atoms with Crippen molar-refractivity contribution in [3.8, 4) is 22.8 Å². The highest BCUT2D eigenvalue weighted by atomic mass is 35.5. The molecule has 0 bridgehead atoms. The fourth-order valence-corrected chi connectivity index (χ4v) is 5.63. The first-order chi connectivity index (χ1) is 19.9. The largest absolute Gasteiger partial charge is 0.384 e. The van der Waals surface area contributed by atoms with E-state index in [9.17, 15) is 0 Å². The van der Waals surface area contributed by atoms with Gasteiger partial charge in [0.25, 0.3) is 0 Å². The predicted molar refractivity (Wildman–Crippen MR) is 142 cm³/mol. The second kappa shape index (κ2) is 9.61. The number of tetrazole rings is 1. The van der Waals surface area contributed by atoms with E-state index < -0.39 is 18.0 Å².